The molecule has 0 fully saturated rings. The van der Waals surface area contributed by atoms with Crippen molar-refractivity contribution in [3.05, 3.63) is 49.8 Å². The summed E-state index contributed by atoms with van der Waals surface area (Å²) in [4.78, 5) is 13.1. The number of carbonyl (C=O) groups excluding carboxylic acids is 1. The van der Waals surface area contributed by atoms with Gasteiger partial charge in [-0.15, -0.1) is 11.3 Å². The molecule has 2 aromatic rings. The summed E-state index contributed by atoms with van der Waals surface area (Å²) >= 11 is 18.2. The summed E-state index contributed by atoms with van der Waals surface area (Å²) in [5.74, 6) is -0.412. The van der Waals surface area contributed by atoms with Crippen LogP contribution < -0.4 is 10.6 Å². The third-order valence-corrected chi connectivity index (χ3v) is 5.20. The highest BCUT2D eigenvalue weighted by molar-refractivity contribution is 7.80. The second kappa shape index (κ2) is 7.28. The normalized spacial score (nSPS) is 10.0. The highest BCUT2D eigenvalue weighted by atomic mass is 35.5. The van der Waals surface area contributed by atoms with Gasteiger partial charge in [0.15, 0.2) is 5.11 Å². The van der Waals surface area contributed by atoms with Gasteiger partial charge in [-0.05, 0) is 49.8 Å². The second-order valence-corrected chi connectivity index (χ2v) is 7.08. The summed E-state index contributed by atoms with van der Waals surface area (Å²) in [7, 11) is 0. The van der Waals surface area contributed by atoms with Crippen LogP contribution in [0.5, 0.6) is 0 Å². The van der Waals surface area contributed by atoms with Gasteiger partial charge in [0.1, 0.15) is 11.1 Å². The largest absolute Gasteiger partial charge is 0.323 e. The van der Waals surface area contributed by atoms with Crippen molar-refractivity contribution in [2.45, 2.75) is 13.8 Å². The topological polar surface area (TPSA) is 64.9 Å². The molecule has 2 N–H and O–H groups in total. The number of aryl methyl sites for hydroxylation is 1. The Hall–Kier alpha value is -1.65. The SMILES string of the molecule is Cc1sc(NC(=S)NC(=O)c2ccc(Cl)c(Cl)c2)c(C#N)c1C. The third-order valence-electron chi connectivity index (χ3n) is 3.13. The van der Waals surface area contributed by atoms with Crippen molar-refractivity contribution in [2.75, 3.05) is 5.32 Å². The summed E-state index contributed by atoms with van der Waals surface area (Å²) in [6, 6.07) is 6.68. The molecular formula is C15H11Cl2N3OS2. The van der Waals surface area contributed by atoms with E-state index in [-0.39, 0.29) is 10.1 Å². The number of nitrogens with zero attached hydrogens (tertiary/aromatic N) is 1. The lowest BCUT2D eigenvalue weighted by molar-refractivity contribution is 0.0978. The Morgan fingerprint density at radius 2 is 2.00 bits per heavy atom. The van der Waals surface area contributed by atoms with Crippen LogP contribution in [0.3, 0.4) is 0 Å². The van der Waals surface area contributed by atoms with Crippen LogP contribution in [0.1, 0.15) is 26.4 Å². The molecule has 0 saturated heterocycles. The molecule has 0 spiro atoms. The highest BCUT2D eigenvalue weighted by Crippen LogP contribution is 2.31. The lowest BCUT2D eigenvalue weighted by Crippen LogP contribution is -2.34. The van der Waals surface area contributed by atoms with Crippen molar-refractivity contribution in [3.63, 3.8) is 0 Å². The maximum atomic E-state index is 12.1. The zero-order valence-electron chi connectivity index (χ0n) is 12.2. The molecule has 0 bridgehead atoms. The number of anilines is 1. The van der Waals surface area contributed by atoms with Gasteiger partial charge in [0, 0.05) is 10.4 Å². The number of nitriles is 1. The van der Waals surface area contributed by atoms with Gasteiger partial charge in [0.05, 0.1) is 15.6 Å². The second-order valence-electron chi connectivity index (χ2n) is 4.64. The molecule has 0 aliphatic rings. The first-order valence-corrected chi connectivity index (χ1v) is 8.39. The zero-order chi connectivity index (χ0) is 17.1. The summed E-state index contributed by atoms with van der Waals surface area (Å²) in [6.07, 6.45) is 0. The Balaban J connectivity index is 2.11. The lowest BCUT2D eigenvalue weighted by Gasteiger charge is -2.09. The predicted octanol–water partition coefficient (Wildman–Crippen LogP) is 4.67. The van der Waals surface area contributed by atoms with Crippen LogP contribution in [0.15, 0.2) is 18.2 Å². The van der Waals surface area contributed by atoms with Crippen molar-refractivity contribution >= 4 is 62.8 Å². The van der Waals surface area contributed by atoms with E-state index in [4.69, 9.17) is 35.4 Å². The molecule has 1 aromatic carbocycles. The molecule has 1 aromatic heterocycles. The zero-order valence-corrected chi connectivity index (χ0v) is 15.3. The molecule has 4 nitrogen and oxygen atoms in total. The molecule has 2 rings (SSSR count). The Bertz CT molecular complexity index is 840. The smallest absolute Gasteiger partial charge is 0.257 e. The molecule has 0 unspecified atom stereocenters. The maximum Gasteiger partial charge on any atom is 0.257 e. The summed E-state index contributed by atoms with van der Waals surface area (Å²) < 4.78 is 0. The molecule has 1 amide bonds. The number of nitrogens with one attached hydrogen (secondary N) is 2. The Labute approximate surface area is 153 Å². The number of halogens is 2. The van der Waals surface area contributed by atoms with Gasteiger partial charge in [-0.1, -0.05) is 23.2 Å². The Morgan fingerprint density at radius 3 is 2.61 bits per heavy atom. The molecule has 1 heterocycles. The van der Waals surface area contributed by atoms with Gasteiger partial charge in [0.2, 0.25) is 0 Å². The van der Waals surface area contributed by atoms with Crippen LogP contribution in [0.25, 0.3) is 0 Å². The lowest BCUT2D eigenvalue weighted by atomic mass is 10.2. The Kier molecular flexibility index (Phi) is 5.60. The number of thiophene rings is 1. The van der Waals surface area contributed by atoms with Crippen molar-refractivity contribution in [1.82, 2.24) is 5.32 Å². The fraction of sp³-hybridized carbons (Fsp3) is 0.133. The molecule has 0 saturated carbocycles. The first kappa shape index (κ1) is 17.7. The minimum absolute atomic E-state index is 0.110. The molecular weight excluding hydrogens is 373 g/mol. The first-order chi connectivity index (χ1) is 10.8. The molecule has 0 atom stereocenters. The van der Waals surface area contributed by atoms with E-state index in [2.05, 4.69) is 16.7 Å². The van der Waals surface area contributed by atoms with Gasteiger partial charge in [-0.2, -0.15) is 5.26 Å². The van der Waals surface area contributed by atoms with Gasteiger partial charge >= 0.3 is 0 Å². The molecule has 23 heavy (non-hydrogen) atoms. The molecule has 118 valence electrons. The first-order valence-electron chi connectivity index (χ1n) is 6.41. The number of rotatable bonds is 2. The van der Waals surface area contributed by atoms with Gasteiger partial charge in [-0.25, -0.2) is 0 Å². The van der Waals surface area contributed by atoms with Gasteiger partial charge < -0.3 is 5.32 Å². The van der Waals surface area contributed by atoms with E-state index < -0.39 is 5.91 Å². The van der Waals surface area contributed by atoms with E-state index in [9.17, 15) is 10.1 Å². The van der Waals surface area contributed by atoms with Crippen LogP contribution >= 0.6 is 46.8 Å². The van der Waals surface area contributed by atoms with Gasteiger partial charge in [0.25, 0.3) is 5.91 Å². The number of carbonyl (C=O) groups is 1. The van der Waals surface area contributed by atoms with E-state index in [0.717, 1.165) is 10.4 Å². The van der Waals surface area contributed by atoms with E-state index >= 15 is 0 Å². The Morgan fingerprint density at radius 1 is 1.30 bits per heavy atom. The molecule has 0 aliphatic heterocycles. The standard InChI is InChI=1S/C15H11Cl2N3OS2/c1-7-8(2)23-14(10(7)6-18)20-15(22)19-13(21)9-3-4-11(16)12(17)5-9/h3-5H,1-2H3,(H2,19,20,21,22). The predicted molar refractivity (Wildman–Crippen MR) is 98.7 cm³/mol. The number of amides is 1. The van der Waals surface area contributed by atoms with Crippen LogP contribution in [0.4, 0.5) is 5.00 Å². The van der Waals surface area contributed by atoms with E-state index in [1.165, 1.54) is 23.5 Å². The minimum Gasteiger partial charge on any atom is -0.323 e. The quantitative estimate of drug-likeness (QED) is 0.739. The fourth-order valence-corrected chi connectivity index (χ4v) is 3.37. The van der Waals surface area contributed by atoms with Crippen LogP contribution in [0, 0.1) is 25.2 Å². The van der Waals surface area contributed by atoms with Crippen LogP contribution in [-0.4, -0.2) is 11.0 Å². The molecule has 0 radical (unpaired) electrons. The van der Waals surface area contributed by atoms with E-state index in [1.807, 2.05) is 13.8 Å². The van der Waals surface area contributed by atoms with Crippen molar-refractivity contribution in [2.24, 2.45) is 0 Å². The van der Waals surface area contributed by atoms with E-state index in [0.29, 0.717) is 21.2 Å². The van der Waals surface area contributed by atoms with E-state index in [1.54, 1.807) is 6.07 Å². The van der Waals surface area contributed by atoms with Crippen molar-refractivity contribution in [3.8, 4) is 6.07 Å². The van der Waals surface area contributed by atoms with Gasteiger partial charge in [-0.3, -0.25) is 10.1 Å². The summed E-state index contributed by atoms with van der Waals surface area (Å²) in [6.45, 7) is 3.79. The average molecular weight is 384 g/mol. The maximum absolute atomic E-state index is 12.1. The molecule has 8 heteroatoms. The number of hydrogen-bond acceptors (Lipinski definition) is 4. The van der Waals surface area contributed by atoms with Crippen LogP contribution in [0.2, 0.25) is 10.0 Å². The summed E-state index contributed by atoms with van der Waals surface area (Å²) in [5.41, 5.74) is 1.76. The number of thiocarbonyl (C=S) groups is 1. The monoisotopic (exact) mass is 383 g/mol. The average Bonchev–Trinajstić information content (AvgIpc) is 2.75. The number of benzene rings is 1. The third kappa shape index (κ3) is 4.01. The highest BCUT2D eigenvalue weighted by Gasteiger charge is 2.15. The fourth-order valence-electron chi connectivity index (χ4n) is 1.80. The van der Waals surface area contributed by atoms with Crippen molar-refractivity contribution in [1.29, 1.82) is 5.26 Å². The van der Waals surface area contributed by atoms with Crippen molar-refractivity contribution < 1.29 is 4.79 Å². The van der Waals surface area contributed by atoms with Crippen LogP contribution in [-0.2, 0) is 0 Å². The summed E-state index contributed by atoms with van der Waals surface area (Å²) in [5, 5.41) is 16.0. The number of hydrogen-bond donors (Lipinski definition) is 2. The minimum atomic E-state index is -0.412. The molecule has 0 aliphatic carbocycles.